The molecule has 0 aromatic rings. The molecule has 2 N–H and O–H groups in total. The molecule has 1 fully saturated rings. The van der Waals surface area contributed by atoms with Crippen LogP contribution < -0.4 is 10.6 Å². The molecule has 2 unspecified atom stereocenters. The zero-order chi connectivity index (χ0) is 13.1. The lowest BCUT2D eigenvalue weighted by Gasteiger charge is -2.29. The maximum atomic E-state index is 11.9. The second-order valence-corrected chi connectivity index (χ2v) is 5.45. The molecule has 0 aliphatic carbocycles. The number of carbonyl (C=O) groups excluding carboxylic acids is 2. The number of rotatable bonds is 3. The van der Waals surface area contributed by atoms with Gasteiger partial charge in [0, 0.05) is 12.5 Å². The Morgan fingerprint density at radius 1 is 1.41 bits per heavy atom. The topological polar surface area (TPSA) is 67.4 Å². The van der Waals surface area contributed by atoms with Crippen molar-refractivity contribution in [3.63, 3.8) is 0 Å². The molecule has 1 amide bonds. The van der Waals surface area contributed by atoms with Crippen molar-refractivity contribution in [1.82, 2.24) is 10.6 Å². The van der Waals surface area contributed by atoms with E-state index in [2.05, 4.69) is 10.6 Å². The van der Waals surface area contributed by atoms with Crippen molar-refractivity contribution >= 4 is 11.9 Å². The highest BCUT2D eigenvalue weighted by Crippen LogP contribution is 2.23. The van der Waals surface area contributed by atoms with Crippen LogP contribution in [0.3, 0.4) is 0 Å². The fourth-order valence-corrected chi connectivity index (χ4v) is 1.84. The lowest BCUT2D eigenvalue weighted by Crippen LogP contribution is -2.47. The number of esters is 1. The fourth-order valence-electron chi connectivity index (χ4n) is 1.84. The third-order valence-corrected chi connectivity index (χ3v) is 2.85. The highest BCUT2D eigenvalue weighted by molar-refractivity contribution is 5.85. The van der Waals surface area contributed by atoms with E-state index in [1.807, 2.05) is 20.8 Å². The van der Waals surface area contributed by atoms with Crippen LogP contribution in [-0.4, -0.2) is 37.6 Å². The smallest absolute Gasteiger partial charge is 0.323 e. The van der Waals surface area contributed by atoms with E-state index in [4.69, 9.17) is 4.74 Å². The van der Waals surface area contributed by atoms with Crippen LogP contribution in [-0.2, 0) is 14.3 Å². The first-order valence-electron chi connectivity index (χ1n) is 6.01. The van der Waals surface area contributed by atoms with E-state index in [1.54, 1.807) is 7.05 Å². The first-order chi connectivity index (χ1) is 7.86. The van der Waals surface area contributed by atoms with Gasteiger partial charge in [0.2, 0.25) is 0 Å². The Kier molecular flexibility index (Phi) is 4.51. The van der Waals surface area contributed by atoms with Gasteiger partial charge in [-0.15, -0.1) is 0 Å². The van der Waals surface area contributed by atoms with E-state index < -0.39 is 11.5 Å². The minimum absolute atomic E-state index is 0.260. The van der Waals surface area contributed by atoms with E-state index in [-0.39, 0.29) is 17.9 Å². The summed E-state index contributed by atoms with van der Waals surface area (Å²) in [5.41, 5.74) is -0.408. The standard InChI is InChI=1S/C12H22N2O3/c1-12(2,3)9(10(15)13-4)17-11(16)8-6-5-7-14-8/h8-9,14H,5-7H2,1-4H3,(H,13,15). The molecule has 1 rings (SSSR count). The van der Waals surface area contributed by atoms with Crippen molar-refractivity contribution in [1.29, 1.82) is 0 Å². The van der Waals surface area contributed by atoms with Gasteiger partial charge in [0.15, 0.2) is 6.10 Å². The van der Waals surface area contributed by atoms with Gasteiger partial charge >= 0.3 is 5.97 Å². The minimum Gasteiger partial charge on any atom is -0.451 e. The highest BCUT2D eigenvalue weighted by atomic mass is 16.6. The first-order valence-corrected chi connectivity index (χ1v) is 6.01. The number of hydrogen-bond donors (Lipinski definition) is 2. The maximum absolute atomic E-state index is 11.9. The first kappa shape index (κ1) is 14.0. The van der Waals surface area contributed by atoms with Gasteiger partial charge in [-0.2, -0.15) is 0 Å². The zero-order valence-corrected chi connectivity index (χ0v) is 11.0. The summed E-state index contributed by atoms with van der Waals surface area (Å²) < 4.78 is 5.34. The van der Waals surface area contributed by atoms with Gasteiger partial charge < -0.3 is 15.4 Å². The molecule has 0 aromatic carbocycles. The summed E-state index contributed by atoms with van der Waals surface area (Å²) in [6.45, 7) is 6.46. The molecule has 1 aliphatic rings. The minimum atomic E-state index is -0.748. The van der Waals surface area contributed by atoms with Crippen LogP contribution >= 0.6 is 0 Å². The van der Waals surface area contributed by atoms with Gasteiger partial charge in [-0.1, -0.05) is 20.8 Å². The van der Waals surface area contributed by atoms with E-state index in [9.17, 15) is 9.59 Å². The lowest BCUT2D eigenvalue weighted by molar-refractivity contribution is -0.164. The molecule has 0 bridgehead atoms. The van der Waals surface area contributed by atoms with Gasteiger partial charge in [-0.25, -0.2) is 0 Å². The zero-order valence-electron chi connectivity index (χ0n) is 11.0. The molecule has 1 saturated heterocycles. The van der Waals surface area contributed by atoms with Gasteiger partial charge in [0.1, 0.15) is 6.04 Å². The summed E-state index contributed by atoms with van der Waals surface area (Å²) >= 11 is 0. The molecular formula is C12H22N2O3. The normalized spacial score (nSPS) is 22.0. The molecule has 0 spiro atoms. The average Bonchev–Trinajstić information content (AvgIpc) is 2.76. The Hall–Kier alpha value is -1.10. The summed E-state index contributed by atoms with van der Waals surface area (Å²) in [7, 11) is 1.54. The summed E-state index contributed by atoms with van der Waals surface area (Å²) in [4.78, 5) is 23.6. The molecule has 0 radical (unpaired) electrons. The predicted molar refractivity (Wildman–Crippen MR) is 64.4 cm³/mol. The Morgan fingerprint density at radius 2 is 2.06 bits per heavy atom. The monoisotopic (exact) mass is 242 g/mol. The Bertz CT molecular complexity index is 291. The van der Waals surface area contributed by atoms with Crippen molar-refractivity contribution < 1.29 is 14.3 Å². The Labute approximate surface area is 102 Å². The molecule has 17 heavy (non-hydrogen) atoms. The van der Waals surface area contributed by atoms with Gasteiger partial charge in [0.05, 0.1) is 0 Å². The number of hydrogen-bond acceptors (Lipinski definition) is 4. The largest absolute Gasteiger partial charge is 0.451 e. The SMILES string of the molecule is CNC(=O)C(OC(=O)C1CCCN1)C(C)(C)C. The summed E-state index contributed by atoms with van der Waals surface area (Å²) in [6.07, 6.45) is 1.01. The molecule has 5 heteroatoms. The molecule has 98 valence electrons. The summed E-state index contributed by atoms with van der Waals surface area (Å²) in [6, 6.07) is -0.260. The second kappa shape index (κ2) is 5.49. The van der Waals surface area contributed by atoms with Crippen molar-refractivity contribution in [2.45, 2.75) is 45.8 Å². The van der Waals surface area contributed by atoms with Crippen molar-refractivity contribution in [2.75, 3.05) is 13.6 Å². The molecule has 0 aromatic heterocycles. The van der Waals surface area contributed by atoms with Crippen LogP contribution in [0.4, 0.5) is 0 Å². The molecule has 0 saturated carbocycles. The van der Waals surface area contributed by atoms with E-state index in [1.165, 1.54) is 0 Å². The van der Waals surface area contributed by atoms with Crippen LogP contribution in [0.15, 0.2) is 0 Å². The molecule has 2 atom stereocenters. The predicted octanol–water partition coefficient (Wildman–Crippen LogP) is 0.442. The van der Waals surface area contributed by atoms with Crippen molar-refractivity contribution in [2.24, 2.45) is 5.41 Å². The summed E-state index contributed by atoms with van der Waals surface area (Å²) in [5, 5.41) is 5.59. The van der Waals surface area contributed by atoms with Crippen molar-refractivity contribution in [3.8, 4) is 0 Å². The van der Waals surface area contributed by atoms with E-state index in [0.717, 1.165) is 19.4 Å². The highest BCUT2D eigenvalue weighted by Gasteiger charge is 2.36. The quantitative estimate of drug-likeness (QED) is 0.705. The molecule has 1 aliphatic heterocycles. The van der Waals surface area contributed by atoms with Gasteiger partial charge in [0.25, 0.3) is 5.91 Å². The maximum Gasteiger partial charge on any atom is 0.323 e. The van der Waals surface area contributed by atoms with E-state index in [0.29, 0.717) is 0 Å². The van der Waals surface area contributed by atoms with Crippen LogP contribution in [0.5, 0.6) is 0 Å². The third-order valence-electron chi connectivity index (χ3n) is 2.85. The Balaban J connectivity index is 2.66. The molecule has 1 heterocycles. The second-order valence-electron chi connectivity index (χ2n) is 5.45. The number of carbonyl (C=O) groups is 2. The lowest BCUT2D eigenvalue weighted by atomic mass is 9.88. The average molecular weight is 242 g/mol. The third kappa shape index (κ3) is 3.70. The van der Waals surface area contributed by atoms with E-state index >= 15 is 0 Å². The van der Waals surface area contributed by atoms with Gasteiger partial charge in [-0.05, 0) is 19.4 Å². The van der Waals surface area contributed by atoms with Crippen LogP contribution in [0, 0.1) is 5.41 Å². The number of amides is 1. The fraction of sp³-hybridized carbons (Fsp3) is 0.833. The van der Waals surface area contributed by atoms with Crippen LogP contribution in [0.25, 0.3) is 0 Å². The van der Waals surface area contributed by atoms with Gasteiger partial charge in [-0.3, -0.25) is 9.59 Å². The number of ether oxygens (including phenoxy) is 1. The number of likely N-dealkylation sites (N-methyl/N-ethyl adjacent to an activating group) is 1. The summed E-state index contributed by atoms with van der Waals surface area (Å²) in [5.74, 6) is -0.588. The van der Waals surface area contributed by atoms with Crippen LogP contribution in [0.2, 0.25) is 0 Å². The van der Waals surface area contributed by atoms with Crippen molar-refractivity contribution in [3.05, 3.63) is 0 Å². The van der Waals surface area contributed by atoms with Crippen LogP contribution in [0.1, 0.15) is 33.6 Å². The Morgan fingerprint density at radius 3 is 2.47 bits per heavy atom. The molecule has 5 nitrogen and oxygen atoms in total. The molecular weight excluding hydrogens is 220 g/mol. The number of nitrogens with one attached hydrogen (secondary N) is 2.